The van der Waals surface area contributed by atoms with Gasteiger partial charge in [-0.1, -0.05) is 13.3 Å². The van der Waals surface area contributed by atoms with Crippen molar-refractivity contribution >= 4 is 23.6 Å². The molecule has 8 unspecified atom stereocenters. The van der Waals surface area contributed by atoms with Gasteiger partial charge >= 0.3 is 6.18 Å². The van der Waals surface area contributed by atoms with Crippen molar-refractivity contribution in [2.45, 2.75) is 69.0 Å². The zero-order chi connectivity index (χ0) is 21.5. The summed E-state index contributed by atoms with van der Waals surface area (Å²) >= 11 is 1.83. The lowest BCUT2D eigenvalue weighted by Crippen LogP contribution is -2.54. The molecule has 0 aromatic rings. The second-order valence-corrected chi connectivity index (χ2v) is 10.7. The lowest BCUT2D eigenvalue weighted by molar-refractivity contribution is -0.162. The number of amides is 2. The van der Waals surface area contributed by atoms with E-state index in [4.69, 9.17) is 0 Å². The molecule has 4 aliphatic rings. The molecule has 1 saturated carbocycles. The number of fused-ring (bicyclic) bond motifs is 1. The molecule has 3 N–H and O–H groups in total. The minimum atomic E-state index is -4.28. The van der Waals surface area contributed by atoms with Crippen molar-refractivity contribution in [3.05, 3.63) is 0 Å². The molecule has 170 valence electrons. The Bertz CT molecular complexity index is 662. The van der Waals surface area contributed by atoms with Crippen molar-refractivity contribution in [1.29, 1.82) is 0 Å². The summed E-state index contributed by atoms with van der Waals surface area (Å²) in [5.74, 6) is 1.75. The average molecular weight is 448 g/mol. The molecule has 8 atom stereocenters. The van der Waals surface area contributed by atoms with Gasteiger partial charge in [-0.25, -0.2) is 0 Å². The van der Waals surface area contributed by atoms with E-state index in [1.54, 1.807) is 0 Å². The van der Waals surface area contributed by atoms with Crippen molar-refractivity contribution in [2.75, 3.05) is 18.8 Å². The Morgan fingerprint density at radius 2 is 1.93 bits per heavy atom. The number of carbonyl (C=O) groups excluding carboxylic acids is 2. The number of carbonyl (C=O) groups is 2. The van der Waals surface area contributed by atoms with E-state index >= 15 is 0 Å². The minimum absolute atomic E-state index is 0.0981. The SMILES string of the molecule is CC1C(C(=O)NC2CCNC(C(F)(F)F)C2)CSC1C1CCCC2C(=O)NCCC21. The molecule has 0 spiro atoms. The van der Waals surface area contributed by atoms with Crippen LogP contribution in [0.3, 0.4) is 0 Å². The first-order valence-corrected chi connectivity index (χ1v) is 12.3. The van der Waals surface area contributed by atoms with Crippen LogP contribution in [0.1, 0.15) is 45.4 Å². The molecule has 4 fully saturated rings. The van der Waals surface area contributed by atoms with Crippen molar-refractivity contribution in [3.63, 3.8) is 0 Å². The number of hydrogen-bond donors (Lipinski definition) is 3. The standard InChI is InChI=1S/C21H32F3N3O2S/c1-11-16(20(29)27-12-5-7-25-17(9-12)21(22,23)24)10-30-18(11)14-3-2-4-15-13(14)6-8-26-19(15)28/h11-18,25H,2-10H2,1H3,(H,26,28)(H,27,29). The molecule has 30 heavy (non-hydrogen) atoms. The molecule has 0 radical (unpaired) electrons. The zero-order valence-corrected chi connectivity index (χ0v) is 18.2. The number of piperidine rings is 2. The predicted molar refractivity (Wildman–Crippen MR) is 110 cm³/mol. The second-order valence-electron chi connectivity index (χ2n) is 9.49. The molecule has 0 bridgehead atoms. The van der Waals surface area contributed by atoms with Crippen LogP contribution in [0.2, 0.25) is 0 Å². The largest absolute Gasteiger partial charge is 0.403 e. The van der Waals surface area contributed by atoms with E-state index in [2.05, 4.69) is 22.9 Å². The summed E-state index contributed by atoms with van der Waals surface area (Å²) in [7, 11) is 0. The first kappa shape index (κ1) is 22.2. The first-order valence-electron chi connectivity index (χ1n) is 11.3. The summed E-state index contributed by atoms with van der Waals surface area (Å²) in [6, 6.07) is -1.97. The van der Waals surface area contributed by atoms with Gasteiger partial charge in [0, 0.05) is 29.5 Å². The Morgan fingerprint density at radius 3 is 2.70 bits per heavy atom. The summed E-state index contributed by atoms with van der Waals surface area (Å²) in [5.41, 5.74) is 0. The molecule has 0 aromatic carbocycles. The third kappa shape index (κ3) is 4.47. The molecule has 9 heteroatoms. The van der Waals surface area contributed by atoms with Crippen LogP contribution in [-0.4, -0.2) is 54.2 Å². The van der Waals surface area contributed by atoms with Gasteiger partial charge in [-0.15, -0.1) is 0 Å². The smallest absolute Gasteiger partial charge is 0.356 e. The van der Waals surface area contributed by atoms with E-state index in [0.717, 1.165) is 32.2 Å². The van der Waals surface area contributed by atoms with Crippen LogP contribution in [0.4, 0.5) is 13.2 Å². The van der Waals surface area contributed by atoms with Crippen LogP contribution in [0, 0.1) is 29.6 Å². The van der Waals surface area contributed by atoms with Crippen LogP contribution in [0.15, 0.2) is 0 Å². The maximum Gasteiger partial charge on any atom is 0.403 e. The van der Waals surface area contributed by atoms with E-state index in [0.29, 0.717) is 29.3 Å². The number of hydrogen-bond acceptors (Lipinski definition) is 4. The lowest BCUT2D eigenvalue weighted by atomic mass is 9.65. The maximum atomic E-state index is 13.0. The highest BCUT2D eigenvalue weighted by atomic mass is 32.2. The molecule has 3 saturated heterocycles. The Labute approximate surface area is 180 Å². The summed E-state index contributed by atoms with van der Waals surface area (Å²) in [6.45, 7) is 3.12. The van der Waals surface area contributed by atoms with Crippen molar-refractivity contribution in [2.24, 2.45) is 29.6 Å². The third-order valence-electron chi connectivity index (χ3n) is 7.76. The van der Waals surface area contributed by atoms with Gasteiger partial charge in [0.05, 0.1) is 5.92 Å². The Kier molecular flexibility index (Phi) is 6.59. The van der Waals surface area contributed by atoms with Crippen LogP contribution in [-0.2, 0) is 9.59 Å². The van der Waals surface area contributed by atoms with Crippen LogP contribution in [0.5, 0.6) is 0 Å². The average Bonchev–Trinajstić information content (AvgIpc) is 3.09. The summed E-state index contributed by atoms with van der Waals surface area (Å²) < 4.78 is 39.1. The Morgan fingerprint density at radius 1 is 1.13 bits per heavy atom. The fourth-order valence-corrected chi connectivity index (χ4v) is 8.09. The molecule has 2 amide bonds. The van der Waals surface area contributed by atoms with Crippen LogP contribution >= 0.6 is 11.8 Å². The number of halogens is 3. The molecular weight excluding hydrogens is 415 g/mol. The van der Waals surface area contributed by atoms with Gasteiger partial charge in [-0.2, -0.15) is 24.9 Å². The van der Waals surface area contributed by atoms with Gasteiger partial charge in [0.25, 0.3) is 0 Å². The summed E-state index contributed by atoms with van der Waals surface area (Å²) in [4.78, 5) is 25.2. The summed E-state index contributed by atoms with van der Waals surface area (Å²) in [5, 5.41) is 8.77. The van der Waals surface area contributed by atoms with E-state index in [9.17, 15) is 22.8 Å². The molecule has 5 nitrogen and oxygen atoms in total. The predicted octanol–water partition coefficient (Wildman–Crippen LogP) is 2.71. The fourth-order valence-electron chi connectivity index (χ4n) is 6.12. The maximum absolute atomic E-state index is 13.0. The van der Waals surface area contributed by atoms with Gasteiger partial charge in [-0.05, 0) is 56.4 Å². The Balaban J connectivity index is 1.36. The lowest BCUT2D eigenvalue weighted by Gasteiger charge is -2.44. The highest BCUT2D eigenvalue weighted by Gasteiger charge is 2.49. The van der Waals surface area contributed by atoms with Crippen molar-refractivity contribution in [1.82, 2.24) is 16.0 Å². The normalized spacial score (nSPS) is 42.3. The third-order valence-corrected chi connectivity index (χ3v) is 9.47. The van der Waals surface area contributed by atoms with Gasteiger partial charge < -0.3 is 16.0 Å². The molecule has 3 aliphatic heterocycles. The minimum Gasteiger partial charge on any atom is -0.356 e. The van der Waals surface area contributed by atoms with E-state index < -0.39 is 18.3 Å². The molecule has 1 aliphatic carbocycles. The number of alkyl halides is 3. The second kappa shape index (κ2) is 8.88. The van der Waals surface area contributed by atoms with Gasteiger partial charge in [0.15, 0.2) is 0 Å². The van der Waals surface area contributed by atoms with Gasteiger partial charge in [0.2, 0.25) is 11.8 Å². The van der Waals surface area contributed by atoms with Gasteiger partial charge in [-0.3, -0.25) is 9.59 Å². The topological polar surface area (TPSA) is 70.2 Å². The van der Waals surface area contributed by atoms with E-state index in [-0.39, 0.29) is 42.5 Å². The molecule has 3 heterocycles. The zero-order valence-electron chi connectivity index (χ0n) is 17.3. The van der Waals surface area contributed by atoms with E-state index in [1.807, 2.05) is 11.8 Å². The fraction of sp³-hybridized carbons (Fsp3) is 0.905. The number of rotatable bonds is 3. The number of nitrogens with one attached hydrogen (secondary N) is 3. The molecular formula is C21H32F3N3O2S. The van der Waals surface area contributed by atoms with Crippen molar-refractivity contribution < 1.29 is 22.8 Å². The monoisotopic (exact) mass is 447 g/mol. The highest BCUT2D eigenvalue weighted by Crippen LogP contribution is 2.50. The van der Waals surface area contributed by atoms with Crippen LogP contribution in [0.25, 0.3) is 0 Å². The quantitative estimate of drug-likeness (QED) is 0.622. The van der Waals surface area contributed by atoms with Crippen molar-refractivity contribution in [3.8, 4) is 0 Å². The first-order chi connectivity index (χ1) is 14.3. The van der Waals surface area contributed by atoms with E-state index in [1.165, 1.54) is 0 Å². The Hall–Kier alpha value is -0.960. The van der Waals surface area contributed by atoms with Gasteiger partial charge in [0.1, 0.15) is 6.04 Å². The van der Waals surface area contributed by atoms with Crippen LogP contribution < -0.4 is 16.0 Å². The molecule has 4 rings (SSSR count). The molecule has 0 aromatic heterocycles. The number of thioether (sulfide) groups is 1. The summed E-state index contributed by atoms with van der Waals surface area (Å²) in [6.07, 6.45) is 0.259. The highest BCUT2D eigenvalue weighted by molar-refractivity contribution is 8.00.